The molecule has 5 nitrogen and oxygen atoms in total. The van der Waals surface area contributed by atoms with Crippen LogP contribution in [0.1, 0.15) is 10.4 Å². The van der Waals surface area contributed by atoms with Gasteiger partial charge in [0.05, 0.1) is 6.61 Å². The molecule has 0 unspecified atom stereocenters. The van der Waals surface area contributed by atoms with Gasteiger partial charge in [0.25, 0.3) is 10.0 Å². The van der Waals surface area contributed by atoms with Crippen molar-refractivity contribution in [3.8, 4) is 0 Å². The Morgan fingerprint density at radius 2 is 2.16 bits per heavy atom. The highest BCUT2D eigenvalue weighted by Gasteiger charge is 2.22. The summed E-state index contributed by atoms with van der Waals surface area (Å²) in [6.07, 6.45) is 1.37. The van der Waals surface area contributed by atoms with Crippen LogP contribution in [0.3, 0.4) is 0 Å². The zero-order chi connectivity index (χ0) is 13.9. The monoisotopic (exact) mass is 298 g/mol. The van der Waals surface area contributed by atoms with Gasteiger partial charge in [-0.1, -0.05) is 12.1 Å². The summed E-state index contributed by atoms with van der Waals surface area (Å²) in [4.78, 5) is 4.86. The largest absolute Gasteiger partial charge is 0.392 e. The summed E-state index contributed by atoms with van der Waals surface area (Å²) in [7, 11) is -2.07. The van der Waals surface area contributed by atoms with Crippen molar-refractivity contribution in [1.82, 2.24) is 9.29 Å². The first kappa shape index (κ1) is 14.1. The maximum Gasteiger partial charge on any atom is 0.260 e. The predicted molar refractivity (Wildman–Crippen MR) is 73.1 cm³/mol. The fraction of sp³-hybridized carbons (Fsp3) is 0.250. The van der Waals surface area contributed by atoms with E-state index in [1.165, 1.54) is 35.0 Å². The molecule has 0 amide bonds. The van der Waals surface area contributed by atoms with E-state index < -0.39 is 10.0 Å². The highest BCUT2D eigenvalue weighted by Crippen LogP contribution is 2.17. The number of thiophene rings is 1. The van der Waals surface area contributed by atoms with Gasteiger partial charge in [-0.15, -0.1) is 11.3 Å². The molecule has 0 radical (unpaired) electrons. The van der Waals surface area contributed by atoms with Gasteiger partial charge in [0.15, 0.2) is 5.03 Å². The van der Waals surface area contributed by atoms with Crippen molar-refractivity contribution in [1.29, 1.82) is 0 Å². The average molecular weight is 298 g/mol. The van der Waals surface area contributed by atoms with Crippen LogP contribution < -0.4 is 0 Å². The Hall–Kier alpha value is -1.28. The van der Waals surface area contributed by atoms with E-state index in [4.69, 9.17) is 5.11 Å². The van der Waals surface area contributed by atoms with Gasteiger partial charge >= 0.3 is 0 Å². The third kappa shape index (κ3) is 3.19. The lowest BCUT2D eigenvalue weighted by atomic mass is 10.3. The van der Waals surface area contributed by atoms with E-state index in [0.29, 0.717) is 12.1 Å². The highest BCUT2D eigenvalue weighted by atomic mass is 32.2. The second-order valence-electron chi connectivity index (χ2n) is 4.00. The van der Waals surface area contributed by atoms with E-state index in [0.717, 1.165) is 4.88 Å². The summed E-state index contributed by atoms with van der Waals surface area (Å²) in [5.41, 5.74) is 0.583. The summed E-state index contributed by atoms with van der Waals surface area (Å²) < 4.78 is 25.8. The summed E-state index contributed by atoms with van der Waals surface area (Å²) in [6, 6.07) is 6.73. The molecule has 7 heteroatoms. The molecule has 0 aliphatic heterocycles. The molecule has 2 aromatic heterocycles. The van der Waals surface area contributed by atoms with E-state index in [9.17, 15) is 8.42 Å². The van der Waals surface area contributed by atoms with Crippen LogP contribution in [0, 0.1) is 0 Å². The molecule has 0 aliphatic carbocycles. The van der Waals surface area contributed by atoms with Gasteiger partial charge in [0.2, 0.25) is 0 Å². The summed E-state index contributed by atoms with van der Waals surface area (Å²) in [5, 5.41) is 10.8. The molecule has 19 heavy (non-hydrogen) atoms. The molecule has 0 spiro atoms. The second kappa shape index (κ2) is 5.79. The molecule has 2 heterocycles. The van der Waals surface area contributed by atoms with Gasteiger partial charge in [0.1, 0.15) is 0 Å². The SMILES string of the molecule is CN(Cc1cccs1)S(=O)(=O)c1ccc(CO)cn1. The Morgan fingerprint density at radius 1 is 1.37 bits per heavy atom. The van der Waals surface area contributed by atoms with Gasteiger partial charge in [0, 0.05) is 24.7 Å². The Labute approximate surface area is 116 Å². The fourth-order valence-corrected chi connectivity index (χ4v) is 3.42. The number of aliphatic hydroxyl groups is 1. The zero-order valence-electron chi connectivity index (χ0n) is 10.4. The lowest BCUT2D eigenvalue weighted by Crippen LogP contribution is -2.26. The summed E-state index contributed by atoms with van der Waals surface area (Å²) in [6.45, 7) is 0.168. The average Bonchev–Trinajstić information content (AvgIpc) is 2.91. The quantitative estimate of drug-likeness (QED) is 0.907. The fourth-order valence-electron chi connectivity index (χ4n) is 1.52. The molecule has 102 valence electrons. The van der Waals surface area contributed by atoms with Crippen molar-refractivity contribution in [2.45, 2.75) is 18.2 Å². The predicted octanol–water partition coefficient (Wildman–Crippen LogP) is 1.46. The zero-order valence-corrected chi connectivity index (χ0v) is 12.0. The van der Waals surface area contributed by atoms with Gasteiger partial charge in [-0.2, -0.15) is 4.31 Å². The minimum absolute atomic E-state index is 0.0104. The van der Waals surface area contributed by atoms with E-state index in [-0.39, 0.29) is 11.6 Å². The lowest BCUT2D eigenvalue weighted by Gasteiger charge is -2.15. The van der Waals surface area contributed by atoms with Crippen LogP contribution in [-0.4, -0.2) is 29.9 Å². The van der Waals surface area contributed by atoms with Crippen LogP contribution >= 0.6 is 11.3 Å². The Kier molecular flexibility index (Phi) is 4.31. The third-order valence-corrected chi connectivity index (χ3v) is 5.19. The minimum Gasteiger partial charge on any atom is -0.392 e. The van der Waals surface area contributed by atoms with E-state index in [1.54, 1.807) is 6.07 Å². The van der Waals surface area contributed by atoms with Gasteiger partial charge in [-0.05, 0) is 23.1 Å². The molecule has 0 saturated carbocycles. The lowest BCUT2D eigenvalue weighted by molar-refractivity contribution is 0.281. The van der Waals surface area contributed by atoms with Crippen LogP contribution in [-0.2, 0) is 23.2 Å². The first-order chi connectivity index (χ1) is 9.04. The first-order valence-corrected chi connectivity index (χ1v) is 7.90. The van der Waals surface area contributed by atoms with E-state index in [1.807, 2.05) is 17.5 Å². The van der Waals surface area contributed by atoms with Crippen molar-refractivity contribution in [2.24, 2.45) is 0 Å². The highest BCUT2D eigenvalue weighted by molar-refractivity contribution is 7.89. The number of pyridine rings is 1. The molecule has 0 atom stereocenters. The second-order valence-corrected chi connectivity index (χ2v) is 7.03. The number of nitrogens with zero attached hydrogens (tertiary/aromatic N) is 2. The van der Waals surface area contributed by atoms with Gasteiger partial charge < -0.3 is 5.11 Å². The minimum atomic E-state index is -3.59. The molecule has 1 N–H and O–H groups in total. The standard InChI is InChI=1S/C12H14N2O3S2/c1-14(8-11-3-2-6-18-11)19(16,17)12-5-4-10(9-15)7-13-12/h2-7,15H,8-9H2,1H3. The number of aliphatic hydroxyl groups excluding tert-OH is 1. The molecule has 0 saturated heterocycles. The number of sulfonamides is 1. The maximum atomic E-state index is 12.3. The smallest absolute Gasteiger partial charge is 0.260 e. The Bertz CT molecular complexity index is 622. The van der Waals surface area contributed by atoms with E-state index in [2.05, 4.69) is 4.98 Å². The number of rotatable bonds is 5. The number of hydrogen-bond acceptors (Lipinski definition) is 5. The third-order valence-electron chi connectivity index (χ3n) is 2.61. The molecule has 0 aromatic carbocycles. The number of aromatic nitrogens is 1. The number of hydrogen-bond donors (Lipinski definition) is 1. The van der Waals surface area contributed by atoms with Crippen molar-refractivity contribution >= 4 is 21.4 Å². The molecule has 2 rings (SSSR count). The maximum absolute atomic E-state index is 12.3. The van der Waals surface area contributed by atoms with Crippen molar-refractivity contribution in [3.63, 3.8) is 0 Å². The Balaban J connectivity index is 2.20. The molecular weight excluding hydrogens is 284 g/mol. The Morgan fingerprint density at radius 3 is 2.68 bits per heavy atom. The summed E-state index contributed by atoms with van der Waals surface area (Å²) in [5.74, 6) is 0. The van der Waals surface area contributed by atoms with Crippen LogP contribution in [0.15, 0.2) is 40.9 Å². The summed E-state index contributed by atoms with van der Waals surface area (Å²) >= 11 is 1.51. The first-order valence-electron chi connectivity index (χ1n) is 5.58. The molecule has 0 bridgehead atoms. The molecule has 0 fully saturated rings. The van der Waals surface area contributed by atoms with Crippen molar-refractivity contribution < 1.29 is 13.5 Å². The normalized spacial score (nSPS) is 11.9. The topological polar surface area (TPSA) is 70.5 Å². The molecule has 2 aromatic rings. The van der Waals surface area contributed by atoms with E-state index >= 15 is 0 Å². The molecule has 0 aliphatic rings. The van der Waals surface area contributed by atoms with Crippen molar-refractivity contribution in [3.05, 3.63) is 46.3 Å². The van der Waals surface area contributed by atoms with Gasteiger partial charge in [-0.25, -0.2) is 13.4 Å². The van der Waals surface area contributed by atoms with Crippen LogP contribution in [0.5, 0.6) is 0 Å². The van der Waals surface area contributed by atoms with Crippen LogP contribution in [0.2, 0.25) is 0 Å². The van der Waals surface area contributed by atoms with Crippen molar-refractivity contribution in [2.75, 3.05) is 7.05 Å². The van der Waals surface area contributed by atoms with Crippen LogP contribution in [0.25, 0.3) is 0 Å². The molecular formula is C12H14N2O3S2. The van der Waals surface area contributed by atoms with Crippen LogP contribution in [0.4, 0.5) is 0 Å². The van der Waals surface area contributed by atoms with Gasteiger partial charge in [-0.3, -0.25) is 0 Å².